The molecule has 1 atom stereocenters. The molecule has 3 heteroatoms. The van der Waals surface area contributed by atoms with E-state index in [1.165, 1.54) is 6.42 Å². The standard InChI is InChI=1S/C7H13NS2/c1-5(2)3-6-4-10-7(9)8-6/h5-6H,3-4H2,1-2H3,(H,8,9)/t6-/m0/s1. The lowest BCUT2D eigenvalue weighted by atomic mass is 10.1. The first-order chi connectivity index (χ1) is 4.68. The number of nitrogens with one attached hydrogen (secondary N) is 1. The summed E-state index contributed by atoms with van der Waals surface area (Å²) < 4.78 is 0.977. The van der Waals surface area contributed by atoms with Gasteiger partial charge in [-0.25, -0.2) is 0 Å². The molecule has 10 heavy (non-hydrogen) atoms. The fourth-order valence-electron chi connectivity index (χ4n) is 1.12. The third-order valence-electron chi connectivity index (χ3n) is 1.49. The lowest BCUT2D eigenvalue weighted by Gasteiger charge is -2.11. The molecule has 1 aliphatic rings. The summed E-state index contributed by atoms with van der Waals surface area (Å²) in [6.45, 7) is 4.49. The van der Waals surface area contributed by atoms with Crippen molar-refractivity contribution in [1.29, 1.82) is 0 Å². The van der Waals surface area contributed by atoms with Crippen molar-refractivity contribution < 1.29 is 0 Å². The third-order valence-corrected chi connectivity index (χ3v) is 2.91. The van der Waals surface area contributed by atoms with E-state index in [1.54, 1.807) is 11.8 Å². The largest absolute Gasteiger partial charge is 0.367 e. The van der Waals surface area contributed by atoms with E-state index in [-0.39, 0.29) is 0 Å². The SMILES string of the molecule is CC(C)C[C@H]1CSC(=S)N1. The number of rotatable bonds is 2. The van der Waals surface area contributed by atoms with Gasteiger partial charge in [0.1, 0.15) is 4.32 Å². The van der Waals surface area contributed by atoms with Crippen LogP contribution in [0.4, 0.5) is 0 Å². The minimum atomic E-state index is 0.637. The quantitative estimate of drug-likeness (QED) is 0.645. The van der Waals surface area contributed by atoms with Crippen LogP contribution in [0.15, 0.2) is 0 Å². The molecular weight excluding hydrogens is 162 g/mol. The van der Waals surface area contributed by atoms with Crippen LogP contribution in [-0.2, 0) is 0 Å². The van der Waals surface area contributed by atoms with E-state index >= 15 is 0 Å². The van der Waals surface area contributed by atoms with Crippen molar-refractivity contribution in [1.82, 2.24) is 5.32 Å². The van der Waals surface area contributed by atoms with E-state index in [0.29, 0.717) is 6.04 Å². The molecule has 1 N–H and O–H groups in total. The van der Waals surface area contributed by atoms with Crippen LogP contribution in [0.1, 0.15) is 20.3 Å². The van der Waals surface area contributed by atoms with Crippen molar-refractivity contribution >= 4 is 28.3 Å². The minimum Gasteiger partial charge on any atom is -0.367 e. The first-order valence-corrected chi connectivity index (χ1v) is 5.01. The minimum absolute atomic E-state index is 0.637. The van der Waals surface area contributed by atoms with Crippen molar-refractivity contribution in [3.05, 3.63) is 0 Å². The Morgan fingerprint density at radius 1 is 1.80 bits per heavy atom. The lowest BCUT2D eigenvalue weighted by molar-refractivity contribution is 0.504. The molecule has 1 fully saturated rings. The van der Waals surface area contributed by atoms with Gasteiger partial charge in [0.2, 0.25) is 0 Å². The van der Waals surface area contributed by atoms with E-state index in [0.717, 1.165) is 16.0 Å². The molecule has 0 radical (unpaired) electrons. The Kier molecular flexibility index (Phi) is 2.98. The zero-order valence-corrected chi connectivity index (χ0v) is 8.02. The third kappa shape index (κ3) is 2.46. The van der Waals surface area contributed by atoms with Crippen LogP contribution in [0.5, 0.6) is 0 Å². The Hall–Kier alpha value is 0.240. The van der Waals surface area contributed by atoms with E-state index in [4.69, 9.17) is 12.2 Å². The highest BCUT2D eigenvalue weighted by atomic mass is 32.2. The maximum absolute atomic E-state index is 5.00. The van der Waals surface area contributed by atoms with Gasteiger partial charge < -0.3 is 5.32 Å². The predicted octanol–water partition coefficient (Wildman–Crippen LogP) is 2.02. The summed E-state index contributed by atoms with van der Waals surface area (Å²) >= 11 is 6.77. The summed E-state index contributed by atoms with van der Waals surface area (Å²) in [6.07, 6.45) is 1.24. The molecular formula is C7H13NS2. The highest BCUT2D eigenvalue weighted by molar-refractivity contribution is 8.23. The van der Waals surface area contributed by atoms with Crippen LogP contribution in [0.2, 0.25) is 0 Å². The predicted molar refractivity (Wildman–Crippen MR) is 51.4 cm³/mol. The first kappa shape index (κ1) is 8.34. The van der Waals surface area contributed by atoms with Gasteiger partial charge in [0.25, 0.3) is 0 Å². The van der Waals surface area contributed by atoms with Gasteiger partial charge in [-0.05, 0) is 12.3 Å². The summed E-state index contributed by atoms with van der Waals surface area (Å²) in [6, 6.07) is 0.637. The van der Waals surface area contributed by atoms with Gasteiger partial charge in [-0.1, -0.05) is 37.8 Å². The molecule has 0 saturated carbocycles. The summed E-state index contributed by atoms with van der Waals surface area (Å²) in [5.41, 5.74) is 0. The van der Waals surface area contributed by atoms with Crippen molar-refractivity contribution in [3.8, 4) is 0 Å². The summed E-state index contributed by atoms with van der Waals surface area (Å²) in [7, 11) is 0. The molecule has 0 aromatic heterocycles. The van der Waals surface area contributed by atoms with E-state index in [1.807, 2.05) is 0 Å². The van der Waals surface area contributed by atoms with Crippen LogP contribution in [0.25, 0.3) is 0 Å². The van der Waals surface area contributed by atoms with Gasteiger partial charge in [-0.2, -0.15) is 0 Å². The average molecular weight is 175 g/mol. The van der Waals surface area contributed by atoms with E-state index in [9.17, 15) is 0 Å². The molecule has 0 aromatic carbocycles. The van der Waals surface area contributed by atoms with Gasteiger partial charge in [0.15, 0.2) is 0 Å². The molecule has 1 nitrogen and oxygen atoms in total. The number of thioether (sulfide) groups is 1. The maximum atomic E-state index is 5.00. The molecule has 0 spiro atoms. The van der Waals surface area contributed by atoms with Crippen LogP contribution in [-0.4, -0.2) is 16.1 Å². The maximum Gasteiger partial charge on any atom is 0.134 e. The fraction of sp³-hybridized carbons (Fsp3) is 0.857. The van der Waals surface area contributed by atoms with Crippen molar-refractivity contribution in [2.24, 2.45) is 5.92 Å². The van der Waals surface area contributed by atoms with Crippen LogP contribution < -0.4 is 5.32 Å². The molecule has 1 rings (SSSR count). The molecule has 0 unspecified atom stereocenters. The van der Waals surface area contributed by atoms with Crippen LogP contribution in [0.3, 0.4) is 0 Å². The molecule has 0 amide bonds. The zero-order chi connectivity index (χ0) is 7.56. The first-order valence-electron chi connectivity index (χ1n) is 3.62. The Balaban J connectivity index is 2.24. The second-order valence-electron chi connectivity index (χ2n) is 3.07. The summed E-state index contributed by atoms with van der Waals surface area (Å²) in [5.74, 6) is 1.94. The molecule has 1 aliphatic heterocycles. The Bertz CT molecular complexity index is 134. The molecule has 1 heterocycles. The van der Waals surface area contributed by atoms with Crippen molar-refractivity contribution in [2.45, 2.75) is 26.3 Å². The topological polar surface area (TPSA) is 12.0 Å². The van der Waals surface area contributed by atoms with Crippen molar-refractivity contribution in [2.75, 3.05) is 5.75 Å². The summed E-state index contributed by atoms with van der Waals surface area (Å²) in [4.78, 5) is 0. The normalized spacial score (nSPS) is 25.5. The molecule has 58 valence electrons. The van der Waals surface area contributed by atoms with Gasteiger partial charge in [-0.3, -0.25) is 0 Å². The Labute approximate surface area is 72.0 Å². The number of thiocarbonyl (C=S) groups is 1. The second kappa shape index (κ2) is 3.58. The lowest BCUT2D eigenvalue weighted by Crippen LogP contribution is -2.27. The number of hydrogen-bond acceptors (Lipinski definition) is 2. The van der Waals surface area contributed by atoms with Gasteiger partial charge >= 0.3 is 0 Å². The zero-order valence-electron chi connectivity index (χ0n) is 6.39. The van der Waals surface area contributed by atoms with Crippen molar-refractivity contribution in [3.63, 3.8) is 0 Å². The van der Waals surface area contributed by atoms with Gasteiger partial charge in [0.05, 0.1) is 0 Å². The fourth-order valence-corrected chi connectivity index (χ4v) is 2.32. The monoisotopic (exact) mass is 175 g/mol. The van der Waals surface area contributed by atoms with Gasteiger partial charge in [-0.15, -0.1) is 0 Å². The molecule has 0 bridgehead atoms. The Morgan fingerprint density at radius 2 is 2.50 bits per heavy atom. The molecule has 0 aromatic rings. The number of hydrogen-bond donors (Lipinski definition) is 1. The van der Waals surface area contributed by atoms with Crippen LogP contribution >= 0.6 is 24.0 Å². The van der Waals surface area contributed by atoms with Gasteiger partial charge in [0, 0.05) is 11.8 Å². The smallest absolute Gasteiger partial charge is 0.134 e. The van der Waals surface area contributed by atoms with E-state index < -0.39 is 0 Å². The second-order valence-corrected chi connectivity index (χ2v) is 4.77. The highest BCUT2D eigenvalue weighted by Crippen LogP contribution is 2.18. The summed E-state index contributed by atoms with van der Waals surface area (Å²) in [5, 5.41) is 3.28. The Morgan fingerprint density at radius 3 is 2.90 bits per heavy atom. The highest BCUT2D eigenvalue weighted by Gasteiger charge is 2.18. The van der Waals surface area contributed by atoms with E-state index in [2.05, 4.69) is 19.2 Å². The average Bonchev–Trinajstić information content (AvgIpc) is 2.13. The van der Waals surface area contributed by atoms with Crippen LogP contribution in [0, 0.1) is 5.92 Å². The molecule has 1 saturated heterocycles. The molecule has 0 aliphatic carbocycles.